The monoisotopic (exact) mass is 968 g/mol. The molecule has 1 amide bonds. The van der Waals surface area contributed by atoms with E-state index in [1.54, 1.807) is 101 Å². The highest BCUT2D eigenvalue weighted by atomic mass is 32.2. The molecule has 3 N–H and O–H groups in total. The van der Waals surface area contributed by atoms with Crippen LogP contribution in [0.5, 0.6) is 17.2 Å². The summed E-state index contributed by atoms with van der Waals surface area (Å²) in [5.41, 5.74) is 6.81. The first-order valence-electron chi connectivity index (χ1n) is 20.9. The molecule has 2 aromatic heterocycles. The average molecular weight is 969 g/mol. The number of amides is 1. The number of alkyl carbamates (subject to hydrolysis) is 1. The van der Waals surface area contributed by atoms with Crippen molar-refractivity contribution in [2.75, 3.05) is 32.8 Å². The molecule has 2 heterocycles. The SMILES string of the molecule is COc1ccc(CN(Cc2ccc(OC)cc2)S(=O)(=O)c2c(S(=O)(=O)CC(C)(C)NC(=O)OC(C)(C)C)ccc(-c3cccc4sc(N)nc34)c2-c2nnn(Cc3ccc(OC)cc3)n2)cc1. The molecule has 7 rings (SSSR count). The van der Waals surface area contributed by atoms with E-state index in [2.05, 4.69) is 20.6 Å². The lowest BCUT2D eigenvalue weighted by Crippen LogP contribution is -2.50. The summed E-state index contributed by atoms with van der Waals surface area (Å²) in [6, 6.07) is 29.1. The number of hydrogen-bond donors (Lipinski definition) is 2. The number of nitrogens with zero attached hydrogens (tertiary/aromatic N) is 6. The molecule has 0 spiro atoms. The van der Waals surface area contributed by atoms with E-state index in [-0.39, 0.29) is 41.7 Å². The minimum Gasteiger partial charge on any atom is -0.497 e. The number of ether oxygens (including phenoxy) is 4. The molecule has 67 heavy (non-hydrogen) atoms. The van der Waals surface area contributed by atoms with Crippen LogP contribution < -0.4 is 25.3 Å². The molecule has 0 atom stereocenters. The zero-order chi connectivity index (χ0) is 48.3. The van der Waals surface area contributed by atoms with E-state index in [0.29, 0.717) is 44.2 Å². The molecule has 0 aliphatic carbocycles. The maximum absolute atomic E-state index is 16.2. The smallest absolute Gasteiger partial charge is 0.408 e. The molecule has 17 nitrogen and oxygen atoms in total. The number of thiazole rings is 1. The molecule has 0 saturated heterocycles. The van der Waals surface area contributed by atoms with E-state index in [4.69, 9.17) is 29.8 Å². The van der Waals surface area contributed by atoms with Crippen LogP contribution in [0.4, 0.5) is 9.93 Å². The Kier molecular flexibility index (Phi) is 13.9. The zero-order valence-corrected chi connectivity index (χ0v) is 40.8. The van der Waals surface area contributed by atoms with Crippen LogP contribution in [0.2, 0.25) is 0 Å². The molecule has 20 heteroatoms. The van der Waals surface area contributed by atoms with Gasteiger partial charge < -0.3 is 30.0 Å². The zero-order valence-electron chi connectivity index (χ0n) is 38.3. The summed E-state index contributed by atoms with van der Waals surface area (Å²) < 4.78 is 86.2. The van der Waals surface area contributed by atoms with Gasteiger partial charge in [0.1, 0.15) is 27.7 Å². The Labute approximate surface area is 393 Å². The van der Waals surface area contributed by atoms with Crippen molar-refractivity contribution in [1.29, 1.82) is 0 Å². The first-order chi connectivity index (χ1) is 31.7. The summed E-state index contributed by atoms with van der Waals surface area (Å²) >= 11 is 1.24. The number of fused-ring (bicyclic) bond motifs is 1. The number of methoxy groups -OCH3 is 3. The molecule has 0 aliphatic heterocycles. The third-order valence-electron chi connectivity index (χ3n) is 10.4. The van der Waals surface area contributed by atoms with E-state index in [1.807, 2.05) is 18.2 Å². The van der Waals surface area contributed by atoms with Crippen molar-refractivity contribution in [3.05, 3.63) is 120 Å². The van der Waals surface area contributed by atoms with Crippen molar-refractivity contribution >= 4 is 52.6 Å². The van der Waals surface area contributed by atoms with Gasteiger partial charge in [-0.3, -0.25) is 0 Å². The van der Waals surface area contributed by atoms with E-state index in [1.165, 1.54) is 60.6 Å². The molecule has 352 valence electrons. The van der Waals surface area contributed by atoms with Crippen molar-refractivity contribution in [1.82, 2.24) is 34.8 Å². The number of nitrogen functional groups attached to an aromatic ring is 1. The van der Waals surface area contributed by atoms with E-state index in [0.717, 1.165) is 5.56 Å². The summed E-state index contributed by atoms with van der Waals surface area (Å²) in [5.74, 6) is 0.829. The van der Waals surface area contributed by atoms with Crippen molar-refractivity contribution < 1.29 is 40.6 Å². The van der Waals surface area contributed by atoms with Gasteiger partial charge in [0.25, 0.3) is 0 Å². The van der Waals surface area contributed by atoms with Gasteiger partial charge in [-0.25, -0.2) is 26.6 Å². The molecule has 0 aliphatic rings. The standard InChI is InChI=1S/C47H52N8O9S3/c1-46(2,3)64-45(56)50-47(4,5)29-66(57,58)39-25-24-36(37-10-9-11-38-41(37)49-44(48)65-38)40(43-51-53-55(52-43)28-32-16-22-35(63-8)23-17-32)42(39)67(59,60)54(26-30-12-18-33(61-6)19-13-30)27-31-14-20-34(62-7)21-15-31/h9-25H,26-29H2,1-8H3,(H2,48,49)(H,50,56). The maximum Gasteiger partial charge on any atom is 0.408 e. The molecular weight excluding hydrogens is 917 g/mol. The Bertz CT molecular complexity index is 3060. The van der Waals surface area contributed by atoms with Crippen LogP contribution >= 0.6 is 11.3 Å². The fourth-order valence-electron chi connectivity index (χ4n) is 7.39. The number of para-hydroxylation sites is 1. The van der Waals surface area contributed by atoms with Crippen molar-refractivity contribution in [2.24, 2.45) is 0 Å². The van der Waals surface area contributed by atoms with Gasteiger partial charge in [0.2, 0.25) is 15.8 Å². The third kappa shape index (κ3) is 11.3. The van der Waals surface area contributed by atoms with Crippen LogP contribution in [-0.2, 0) is 44.2 Å². The number of sulfonamides is 1. The Morgan fingerprint density at radius 2 is 1.30 bits per heavy atom. The fourth-order valence-corrected chi connectivity index (χ4v) is 12.4. The second kappa shape index (κ2) is 19.3. The predicted molar refractivity (Wildman–Crippen MR) is 256 cm³/mol. The Morgan fingerprint density at radius 1 is 0.746 bits per heavy atom. The summed E-state index contributed by atoms with van der Waals surface area (Å²) in [7, 11) is -5.01. The summed E-state index contributed by atoms with van der Waals surface area (Å²) in [5, 5.41) is 16.5. The summed E-state index contributed by atoms with van der Waals surface area (Å²) in [4.78, 5) is 17.8. The molecule has 0 bridgehead atoms. The highest BCUT2D eigenvalue weighted by molar-refractivity contribution is 7.93. The van der Waals surface area contributed by atoms with Crippen LogP contribution in [0, 0.1) is 0 Å². The van der Waals surface area contributed by atoms with Crippen LogP contribution in [0.3, 0.4) is 0 Å². The van der Waals surface area contributed by atoms with Crippen molar-refractivity contribution in [3.8, 4) is 39.8 Å². The maximum atomic E-state index is 16.2. The first-order valence-corrected chi connectivity index (χ1v) is 24.8. The molecule has 0 fully saturated rings. The molecule has 0 radical (unpaired) electrons. The lowest BCUT2D eigenvalue weighted by molar-refractivity contribution is 0.0482. The van der Waals surface area contributed by atoms with Gasteiger partial charge >= 0.3 is 6.09 Å². The van der Waals surface area contributed by atoms with Gasteiger partial charge in [-0.1, -0.05) is 65.9 Å². The largest absolute Gasteiger partial charge is 0.497 e. The minimum atomic E-state index is -4.95. The summed E-state index contributed by atoms with van der Waals surface area (Å²) in [6.45, 7) is 7.78. The van der Waals surface area contributed by atoms with Gasteiger partial charge in [-0.05, 0) is 111 Å². The summed E-state index contributed by atoms with van der Waals surface area (Å²) in [6.07, 6.45) is -0.852. The average Bonchev–Trinajstić information content (AvgIpc) is 3.90. The van der Waals surface area contributed by atoms with Crippen LogP contribution in [0.15, 0.2) is 113 Å². The fraction of sp³-hybridized carbons (Fsp3) is 0.298. The quantitative estimate of drug-likeness (QED) is 0.0892. The lowest BCUT2D eigenvalue weighted by atomic mass is 9.98. The number of carbonyl (C=O) groups excluding carboxylic acids is 1. The van der Waals surface area contributed by atoms with Crippen molar-refractivity contribution in [2.45, 2.75) is 75.2 Å². The van der Waals surface area contributed by atoms with Gasteiger partial charge in [0, 0.05) is 18.7 Å². The highest BCUT2D eigenvalue weighted by Gasteiger charge is 2.40. The molecule has 7 aromatic rings. The number of benzene rings is 5. The van der Waals surface area contributed by atoms with Crippen LogP contribution in [-0.4, -0.2) is 90.6 Å². The second-order valence-corrected chi connectivity index (χ2v) is 22.1. The van der Waals surface area contributed by atoms with Gasteiger partial charge in [-0.2, -0.15) is 9.10 Å². The number of nitrogens with one attached hydrogen (secondary N) is 1. The van der Waals surface area contributed by atoms with Crippen LogP contribution in [0.25, 0.3) is 32.7 Å². The third-order valence-corrected chi connectivity index (χ3v) is 15.3. The van der Waals surface area contributed by atoms with Crippen LogP contribution in [0.1, 0.15) is 51.3 Å². The van der Waals surface area contributed by atoms with E-state index in [9.17, 15) is 4.79 Å². The second-order valence-electron chi connectivity index (χ2n) is 17.3. The first kappa shape index (κ1) is 48.3. The van der Waals surface area contributed by atoms with Gasteiger partial charge in [0.05, 0.1) is 59.8 Å². The number of tetrazole rings is 1. The number of carbonyl (C=O) groups is 1. The Morgan fingerprint density at radius 3 is 1.84 bits per heavy atom. The number of hydrogen-bond acceptors (Lipinski definition) is 15. The minimum absolute atomic E-state index is 0.121. The predicted octanol–water partition coefficient (Wildman–Crippen LogP) is 7.74. The normalized spacial score (nSPS) is 12.3. The van der Waals surface area contributed by atoms with E-state index < -0.39 is 52.6 Å². The number of sulfone groups is 1. The number of nitrogens with two attached hydrogens (primary N) is 1. The Hall–Kier alpha value is -6.61. The molecular formula is C47H52N8O9S3. The lowest BCUT2D eigenvalue weighted by Gasteiger charge is -2.30. The Balaban J connectivity index is 1.50. The topological polar surface area (TPSA) is 220 Å². The van der Waals surface area contributed by atoms with Gasteiger partial charge in [-0.15, -0.1) is 10.2 Å². The number of rotatable bonds is 17. The van der Waals surface area contributed by atoms with Gasteiger partial charge in [0.15, 0.2) is 15.0 Å². The number of aromatic nitrogens is 5. The molecule has 5 aromatic carbocycles. The molecule has 0 saturated carbocycles. The number of anilines is 1. The molecule has 0 unspecified atom stereocenters. The van der Waals surface area contributed by atoms with Crippen molar-refractivity contribution in [3.63, 3.8) is 0 Å². The van der Waals surface area contributed by atoms with E-state index >= 15 is 16.8 Å². The highest BCUT2D eigenvalue weighted by Crippen LogP contribution is 2.44.